The predicted molar refractivity (Wildman–Crippen MR) is 50.6 cm³/mol. The van der Waals surface area contributed by atoms with E-state index < -0.39 is 17.9 Å². The Balaban J connectivity index is 3.29. The highest BCUT2D eigenvalue weighted by atomic mass is 79.9. The van der Waals surface area contributed by atoms with E-state index in [0.29, 0.717) is 0 Å². The van der Waals surface area contributed by atoms with E-state index >= 15 is 0 Å². The SMILES string of the molecule is O=Cc1ncc(O)c(OC(F)(F)F)c1CBr. The van der Waals surface area contributed by atoms with Gasteiger partial charge in [-0.05, 0) is 0 Å². The number of hydrogen-bond acceptors (Lipinski definition) is 4. The van der Waals surface area contributed by atoms with E-state index in [2.05, 4.69) is 25.7 Å². The Hall–Kier alpha value is -1.31. The van der Waals surface area contributed by atoms with Gasteiger partial charge in [0.1, 0.15) is 5.69 Å². The number of pyridine rings is 1. The van der Waals surface area contributed by atoms with Crippen LogP contribution in [-0.2, 0) is 5.33 Å². The second-order valence-electron chi connectivity index (χ2n) is 2.64. The van der Waals surface area contributed by atoms with Gasteiger partial charge in [0.25, 0.3) is 0 Å². The van der Waals surface area contributed by atoms with E-state index in [9.17, 15) is 23.1 Å². The molecule has 0 saturated heterocycles. The summed E-state index contributed by atoms with van der Waals surface area (Å²) in [5, 5.41) is 9.08. The zero-order chi connectivity index (χ0) is 12.3. The second kappa shape index (κ2) is 4.69. The lowest BCUT2D eigenvalue weighted by Crippen LogP contribution is -2.18. The van der Waals surface area contributed by atoms with E-state index in [-0.39, 0.29) is 22.9 Å². The van der Waals surface area contributed by atoms with Crippen LogP contribution in [0.1, 0.15) is 16.1 Å². The van der Waals surface area contributed by atoms with E-state index in [4.69, 9.17) is 0 Å². The predicted octanol–water partition coefficient (Wildman–Crippen LogP) is 2.39. The molecule has 4 nitrogen and oxygen atoms in total. The van der Waals surface area contributed by atoms with Crippen molar-refractivity contribution in [3.63, 3.8) is 0 Å². The number of carbonyl (C=O) groups excluding carboxylic acids is 1. The Bertz CT molecular complexity index is 408. The third-order valence-electron chi connectivity index (χ3n) is 1.60. The van der Waals surface area contributed by atoms with Gasteiger partial charge in [0.2, 0.25) is 0 Å². The number of aldehydes is 1. The third-order valence-corrected chi connectivity index (χ3v) is 2.17. The van der Waals surface area contributed by atoms with Crippen molar-refractivity contribution in [2.24, 2.45) is 0 Å². The average Bonchev–Trinajstić information content (AvgIpc) is 2.19. The van der Waals surface area contributed by atoms with Crippen LogP contribution in [0.25, 0.3) is 0 Å². The first kappa shape index (κ1) is 12.8. The Morgan fingerprint density at radius 2 is 2.19 bits per heavy atom. The number of aromatic nitrogens is 1. The van der Waals surface area contributed by atoms with Gasteiger partial charge in [0.05, 0.1) is 6.20 Å². The summed E-state index contributed by atoms with van der Waals surface area (Å²) in [7, 11) is 0. The molecule has 0 unspecified atom stereocenters. The number of halogens is 4. The van der Waals surface area contributed by atoms with E-state index in [1.807, 2.05) is 0 Å². The molecule has 0 bridgehead atoms. The van der Waals surface area contributed by atoms with Crippen molar-refractivity contribution >= 4 is 22.2 Å². The van der Waals surface area contributed by atoms with E-state index in [1.165, 1.54) is 0 Å². The normalized spacial score (nSPS) is 11.2. The first-order chi connectivity index (χ1) is 7.39. The summed E-state index contributed by atoms with van der Waals surface area (Å²) >= 11 is 2.88. The van der Waals surface area contributed by atoms with Crippen molar-refractivity contribution in [2.45, 2.75) is 11.7 Å². The van der Waals surface area contributed by atoms with Gasteiger partial charge in [0.15, 0.2) is 17.8 Å². The van der Waals surface area contributed by atoms with Gasteiger partial charge in [-0.25, -0.2) is 4.98 Å². The summed E-state index contributed by atoms with van der Waals surface area (Å²) < 4.78 is 39.7. The molecular weight excluding hydrogens is 295 g/mol. The average molecular weight is 300 g/mol. The second-order valence-corrected chi connectivity index (χ2v) is 3.20. The summed E-state index contributed by atoms with van der Waals surface area (Å²) in [6, 6.07) is 0. The number of ether oxygens (including phenoxy) is 1. The Morgan fingerprint density at radius 1 is 1.56 bits per heavy atom. The van der Waals surface area contributed by atoms with Crippen molar-refractivity contribution in [1.29, 1.82) is 0 Å². The van der Waals surface area contributed by atoms with Crippen LogP contribution < -0.4 is 4.74 Å². The quantitative estimate of drug-likeness (QED) is 0.688. The first-order valence-corrected chi connectivity index (χ1v) is 4.99. The summed E-state index contributed by atoms with van der Waals surface area (Å²) in [6.07, 6.45) is -3.95. The van der Waals surface area contributed by atoms with Crippen molar-refractivity contribution in [3.8, 4) is 11.5 Å². The number of aromatic hydroxyl groups is 1. The zero-order valence-corrected chi connectivity index (χ0v) is 9.17. The molecule has 1 aromatic heterocycles. The Morgan fingerprint density at radius 3 is 2.62 bits per heavy atom. The molecule has 0 radical (unpaired) electrons. The molecule has 0 aromatic carbocycles. The van der Waals surface area contributed by atoms with Crippen LogP contribution in [0.15, 0.2) is 6.20 Å². The molecule has 16 heavy (non-hydrogen) atoms. The fraction of sp³-hybridized carbons (Fsp3) is 0.250. The minimum atomic E-state index is -4.95. The monoisotopic (exact) mass is 299 g/mol. The summed E-state index contributed by atoms with van der Waals surface area (Å²) in [4.78, 5) is 14.0. The molecule has 1 rings (SSSR count). The van der Waals surface area contributed by atoms with Crippen LogP contribution in [0.2, 0.25) is 0 Å². The fourth-order valence-corrected chi connectivity index (χ4v) is 1.54. The molecule has 8 heteroatoms. The van der Waals surface area contributed by atoms with Crippen LogP contribution in [-0.4, -0.2) is 22.7 Å². The van der Waals surface area contributed by atoms with E-state index in [1.54, 1.807) is 0 Å². The fourth-order valence-electron chi connectivity index (χ4n) is 0.998. The first-order valence-electron chi connectivity index (χ1n) is 3.86. The third kappa shape index (κ3) is 2.84. The Labute approximate surface area is 96.2 Å². The van der Waals surface area contributed by atoms with E-state index in [0.717, 1.165) is 6.20 Å². The van der Waals surface area contributed by atoms with Crippen molar-refractivity contribution < 1.29 is 27.8 Å². The van der Waals surface area contributed by atoms with Crippen molar-refractivity contribution in [1.82, 2.24) is 4.98 Å². The highest BCUT2D eigenvalue weighted by Crippen LogP contribution is 2.36. The molecule has 0 aliphatic carbocycles. The van der Waals surface area contributed by atoms with Gasteiger partial charge in [-0.1, -0.05) is 15.9 Å². The maximum absolute atomic E-state index is 12.0. The molecule has 0 atom stereocenters. The number of hydrogen-bond donors (Lipinski definition) is 1. The molecule has 0 fully saturated rings. The molecule has 0 saturated carbocycles. The number of carbonyl (C=O) groups is 1. The largest absolute Gasteiger partial charge is 0.573 e. The van der Waals surface area contributed by atoms with Gasteiger partial charge in [-0.3, -0.25) is 4.79 Å². The van der Waals surface area contributed by atoms with Gasteiger partial charge in [-0.2, -0.15) is 0 Å². The Kier molecular flexibility index (Phi) is 3.74. The van der Waals surface area contributed by atoms with Gasteiger partial charge >= 0.3 is 6.36 Å². The molecule has 1 aromatic rings. The van der Waals surface area contributed by atoms with Crippen LogP contribution in [0.4, 0.5) is 13.2 Å². The number of rotatable bonds is 3. The van der Waals surface area contributed by atoms with Crippen LogP contribution >= 0.6 is 15.9 Å². The van der Waals surface area contributed by atoms with Crippen LogP contribution in [0.5, 0.6) is 11.5 Å². The summed E-state index contributed by atoms with van der Waals surface area (Å²) in [5.41, 5.74) is -0.388. The molecule has 1 heterocycles. The molecule has 88 valence electrons. The summed E-state index contributed by atoms with van der Waals surface area (Å²) in [6.45, 7) is 0. The minimum Gasteiger partial charge on any atom is -0.503 e. The van der Waals surface area contributed by atoms with Gasteiger partial charge in [0, 0.05) is 10.9 Å². The molecule has 0 aliphatic heterocycles. The maximum Gasteiger partial charge on any atom is 0.573 e. The summed E-state index contributed by atoms with van der Waals surface area (Å²) in [5.74, 6) is -1.60. The molecular formula is C8H5BrF3NO3. The lowest BCUT2D eigenvalue weighted by molar-refractivity contribution is -0.275. The number of alkyl halides is 4. The number of nitrogens with zero attached hydrogens (tertiary/aromatic N) is 1. The standard InChI is InChI=1S/C8H5BrF3NO3/c9-1-4-5(3-14)13-2-6(15)7(4)16-8(10,11)12/h2-3,15H,1H2. The zero-order valence-electron chi connectivity index (χ0n) is 7.58. The lowest BCUT2D eigenvalue weighted by Gasteiger charge is -2.14. The smallest absolute Gasteiger partial charge is 0.503 e. The van der Waals surface area contributed by atoms with Crippen LogP contribution in [0, 0.1) is 0 Å². The molecule has 1 N–H and O–H groups in total. The maximum atomic E-state index is 12.0. The van der Waals surface area contributed by atoms with Gasteiger partial charge in [-0.15, -0.1) is 13.2 Å². The molecule has 0 aliphatic rings. The van der Waals surface area contributed by atoms with Crippen molar-refractivity contribution in [2.75, 3.05) is 0 Å². The highest BCUT2D eigenvalue weighted by Gasteiger charge is 2.34. The van der Waals surface area contributed by atoms with Crippen molar-refractivity contribution in [3.05, 3.63) is 17.5 Å². The molecule has 0 spiro atoms. The molecule has 0 amide bonds. The minimum absolute atomic E-state index is 0.103. The van der Waals surface area contributed by atoms with Crippen LogP contribution in [0.3, 0.4) is 0 Å². The highest BCUT2D eigenvalue weighted by molar-refractivity contribution is 9.08. The lowest BCUT2D eigenvalue weighted by atomic mass is 10.2. The van der Waals surface area contributed by atoms with Gasteiger partial charge < -0.3 is 9.84 Å². The topological polar surface area (TPSA) is 59.4 Å².